The number of carbonyl (C=O) groups is 1. The Morgan fingerprint density at radius 3 is 2.60 bits per heavy atom. The highest BCUT2D eigenvalue weighted by atomic mass is 35.5. The van der Waals surface area contributed by atoms with E-state index >= 15 is 0 Å². The van der Waals surface area contributed by atoms with Crippen LogP contribution in [0.3, 0.4) is 0 Å². The summed E-state index contributed by atoms with van der Waals surface area (Å²) < 4.78 is 2.03. The molecule has 5 nitrogen and oxygen atoms in total. The van der Waals surface area contributed by atoms with Gasteiger partial charge >= 0.3 is 0 Å². The summed E-state index contributed by atoms with van der Waals surface area (Å²) in [6.07, 6.45) is 3.46. The molecular formula is C18H28Cl2N4O. The molecule has 1 saturated heterocycles. The lowest BCUT2D eigenvalue weighted by Crippen LogP contribution is -2.40. The lowest BCUT2D eigenvalue weighted by molar-refractivity contribution is -0.133. The number of imidazole rings is 1. The van der Waals surface area contributed by atoms with Crippen LogP contribution in [0.5, 0.6) is 0 Å². The summed E-state index contributed by atoms with van der Waals surface area (Å²) in [6.45, 7) is 5.21. The van der Waals surface area contributed by atoms with E-state index in [1.807, 2.05) is 47.7 Å². The number of rotatable bonds is 5. The first-order valence-corrected chi connectivity index (χ1v) is 8.53. The number of hydrogen-bond donors (Lipinski definition) is 1. The van der Waals surface area contributed by atoms with Crippen molar-refractivity contribution in [2.75, 3.05) is 26.7 Å². The van der Waals surface area contributed by atoms with E-state index < -0.39 is 0 Å². The fraction of sp³-hybridized carbons (Fsp3) is 0.556. The molecule has 1 fully saturated rings. The van der Waals surface area contributed by atoms with Crippen LogP contribution < -0.4 is 5.32 Å². The molecule has 0 radical (unpaired) electrons. The molecule has 1 amide bonds. The van der Waals surface area contributed by atoms with Crippen molar-refractivity contribution < 1.29 is 4.79 Å². The standard InChI is InChI=1S/C18H26N4O.2ClH/c1-14-20-16-5-3-4-6-17(16)22(14)13-18(23)21-11-8-15(9-12-21)7-10-19-2;;/h3-6,15,19H,7-13H2,1-2H3;2*1H. The molecule has 25 heavy (non-hydrogen) atoms. The lowest BCUT2D eigenvalue weighted by Gasteiger charge is -2.32. The van der Waals surface area contributed by atoms with E-state index in [1.54, 1.807) is 0 Å². The maximum atomic E-state index is 12.6. The number of benzene rings is 1. The molecule has 0 aliphatic carbocycles. The minimum Gasteiger partial charge on any atom is -0.341 e. The number of hydrogen-bond acceptors (Lipinski definition) is 3. The van der Waals surface area contributed by atoms with Gasteiger partial charge in [0.15, 0.2) is 0 Å². The van der Waals surface area contributed by atoms with Gasteiger partial charge in [-0.3, -0.25) is 4.79 Å². The lowest BCUT2D eigenvalue weighted by atomic mass is 9.93. The Balaban J connectivity index is 0.00000156. The first-order valence-electron chi connectivity index (χ1n) is 8.53. The van der Waals surface area contributed by atoms with E-state index in [9.17, 15) is 4.79 Å². The van der Waals surface area contributed by atoms with E-state index in [0.717, 1.165) is 55.3 Å². The number of likely N-dealkylation sites (tertiary alicyclic amines) is 1. The van der Waals surface area contributed by atoms with Crippen LogP contribution in [0.15, 0.2) is 24.3 Å². The van der Waals surface area contributed by atoms with Crippen LogP contribution in [-0.2, 0) is 11.3 Å². The summed E-state index contributed by atoms with van der Waals surface area (Å²) in [5.41, 5.74) is 2.01. The molecule has 1 aliphatic heterocycles. The number of fused-ring (bicyclic) bond motifs is 1. The van der Waals surface area contributed by atoms with Crippen molar-refractivity contribution >= 4 is 41.8 Å². The second-order valence-electron chi connectivity index (χ2n) is 6.45. The van der Waals surface area contributed by atoms with Gasteiger partial charge in [-0.2, -0.15) is 0 Å². The van der Waals surface area contributed by atoms with Crippen LogP contribution in [0.4, 0.5) is 0 Å². The van der Waals surface area contributed by atoms with Gasteiger partial charge in [-0.05, 0) is 57.8 Å². The summed E-state index contributed by atoms with van der Waals surface area (Å²) in [6, 6.07) is 8.01. The Labute approximate surface area is 162 Å². The Morgan fingerprint density at radius 2 is 1.92 bits per heavy atom. The Kier molecular flexibility index (Phi) is 8.69. The molecule has 2 heterocycles. The molecule has 0 saturated carbocycles. The molecule has 0 bridgehead atoms. The zero-order valence-corrected chi connectivity index (χ0v) is 16.5. The zero-order chi connectivity index (χ0) is 16.2. The molecule has 0 spiro atoms. The number of halogens is 2. The minimum absolute atomic E-state index is 0. The van der Waals surface area contributed by atoms with Crippen LogP contribution in [0.25, 0.3) is 11.0 Å². The third kappa shape index (κ3) is 5.09. The summed E-state index contributed by atoms with van der Waals surface area (Å²) in [7, 11) is 2.00. The first-order chi connectivity index (χ1) is 11.2. The Hall–Kier alpha value is -1.30. The first kappa shape index (κ1) is 21.7. The third-order valence-corrected chi connectivity index (χ3v) is 4.91. The van der Waals surface area contributed by atoms with Crippen LogP contribution >= 0.6 is 24.8 Å². The van der Waals surface area contributed by atoms with Crippen LogP contribution in [0.2, 0.25) is 0 Å². The number of carbonyl (C=O) groups excluding carboxylic acids is 1. The largest absolute Gasteiger partial charge is 0.341 e. The highest BCUT2D eigenvalue weighted by molar-refractivity contribution is 5.85. The van der Waals surface area contributed by atoms with Gasteiger partial charge in [-0.1, -0.05) is 12.1 Å². The number of piperidine rings is 1. The number of nitrogens with zero attached hydrogens (tertiary/aromatic N) is 3. The van der Waals surface area contributed by atoms with Crippen molar-refractivity contribution in [2.24, 2.45) is 5.92 Å². The van der Waals surface area contributed by atoms with E-state index in [1.165, 1.54) is 6.42 Å². The van der Waals surface area contributed by atoms with Crippen molar-refractivity contribution in [2.45, 2.75) is 32.7 Å². The summed E-state index contributed by atoms with van der Waals surface area (Å²) in [5.74, 6) is 1.87. The average Bonchev–Trinajstić information content (AvgIpc) is 2.89. The van der Waals surface area contributed by atoms with Crippen molar-refractivity contribution in [1.82, 2.24) is 19.8 Å². The monoisotopic (exact) mass is 386 g/mol. The fourth-order valence-electron chi connectivity index (χ4n) is 3.45. The van der Waals surface area contributed by atoms with Crippen LogP contribution in [0, 0.1) is 12.8 Å². The molecule has 1 aromatic carbocycles. The SMILES string of the molecule is CNCCC1CCN(C(=O)Cn2c(C)nc3ccccc32)CC1.Cl.Cl. The second kappa shape index (κ2) is 10.00. The number of para-hydroxylation sites is 2. The smallest absolute Gasteiger partial charge is 0.242 e. The van der Waals surface area contributed by atoms with Gasteiger partial charge in [0.2, 0.25) is 5.91 Å². The van der Waals surface area contributed by atoms with E-state index in [0.29, 0.717) is 6.54 Å². The van der Waals surface area contributed by atoms with E-state index in [2.05, 4.69) is 10.3 Å². The van der Waals surface area contributed by atoms with Crippen LogP contribution in [-0.4, -0.2) is 47.0 Å². The van der Waals surface area contributed by atoms with Crippen molar-refractivity contribution in [3.8, 4) is 0 Å². The molecule has 0 unspecified atom stereocenters. The van der Waals surface area contributed by atoms with Crippen molar-refractivity contribution in [1.29, 1.82) is 0 Å². The second-order valence-corrected chi connectivity index (χ2v) is 6.45. The highest BCUT2D eigenvalue weighted by Gasteiger charge is 2.23. The average molecular weight is 387 g/mol. The number of nitrogens with one attached hydrogen (secondary N) is 1. The summed E-state index contributed by atoms with van der Waals surface area (Å²) >= 11 is 0. The molecule has 1 aromatic heterocycles. The van der Waals surface area contributed by atoms with E-state index in [4.69, 9.17) is 0 Å². The molecule has 3 rings (SSSR count). The Morgan fingerprint density at radius 1 is 1.24 bits per heavy atom. The van der Waals surface area contributed by atoms with Crippen LogP contribution in [0.1, 0.15) is 25.1 Å². The van der Waals surface area contributed by atoms with Gasteiger partial charge < -0.3 is 14.8 Å². The maximum absolute atomic E-state index is 12.6. The summed E-state index contributed by atoms with van der Waals surface area (Å²) in [4.78, 5) is 19.2. The Bertz CT molecular complexity index is 681. The molecule has 1 aliphatic rings. The quantitative estimate of drug-likeness (QED) is 0.858. The van der Waals surface area contributed by atoms with Gasteiger partial charge in [0.05, 0.1) is 11.0 Å². The van der Waals surface area contributed by atoms with Gasteiger partial charge in [0.25, 0.3) is 0 Å². The van der Waals surface area contributed by atoms with Crippen molar-refractivity contribution in [3.63, 3.8) is 0 Å². The molecule has 0 atom stereocenters. The predicted molar refractivity (Wildman–Crippen MR) is 107 cm³/mol. The zero-order valence-electron chi connectivity index (χ0n) is 14.9. The molecular weight excluding hydrogens is 359 g/mol. The van der Waals surface area contributed by atoms with E-state index in [-0.39, 0.29) is 30.7 Å². The molecule has 7 heteroatoms. The number of aryl methyl sites for hydroxylation is 1. The fourth-order valence-corrected chi connectivity index (χ4v) is 3.45. The summed E-state index contributed by atoms with van der Waals surface area (Å²) in [5, 5.41) is 3.21. The number of amides is 1. The van der Waals surface area contributed by atoms with Gasteiger partial charge in [0.1, 0.15) is 12.4 Å². The third-order valence-electron chi connectivity index (χ3n) is 4.91. The molecule has 1 N–H and O–H groups in total. The molecule has 2 aromatic rings. The van der Waals surface area contributed by atoms with Gasteiger partial charge in [-0.15, -0.1) is 24.8 Å². The van der Waals surface area contributed by atoms with Gasteiger partial charge in [0, 0.05) is 13.1 Å². The highest BCUT2D eigenvalue weighted by Crippen LogP contribution is 2.21. The normalized spacial score (nSPS) is 14.9. The maximum Gasteiger partial charge on any atom is 0.242 e. The minimum atomic E-state index is 0. The van der Waals surface area contributed by atoms with Gasteiger partial charge in [-0.25, -0.2) is 4.98 Å². The predicted octanol–water partition coefficient (Wildman–Crippen LogP) is 3.04. The van der Waals surface area contributed by atoms with Crippen molar-refractivity contribution in [3.05, 3.63) is 30.1 Å². The number of aromatic nitrogens is 2. The topological polar surface area (TPSA) is 50.2 Å². The molecule has 140 valence electrons.